The molecule has 0 aromatic heterocycles. The molecule has 0 atom stereocenters. The summed E-state index contributed by atoms with van der Waals surface area (Å²) in [6.07, 6.45) is 1.56. The first kappa shape index (κ1) is 14.0. The quantitative estimate of drug-likeness (QED) is 0.369. The van der Waals surface area contributed by atoms with Crippen LogP contribution < -0.4 is 15.1 Å². The zero-order valence-electron chi connectivity index (χ0n) is 9.80. The van der Waals surface area contributed by atoms with Gasteiger partial charge >= 0.3 is 0 Å². The number of carbonyl (C=O) groups excluding carboxylic acids is 2. The predicted molar refractivity (Wildman–Crippen MR) is 56.6 cm³/mol. The van der Waals surface area contributed by atoms with E-state index in [1.54, 1.807) is 0 Å². The summed E-state index contributed by atoms with van der Waals surface area (Å²) in [5.74, 6) is -3.51. The number of carbonyl (C=O) groups is 2. The molecule has 1 aromatic carbocycles. The molecule has 6 nitrogen and oxygen atoms in total. The van der Waals surface area contributed by atoms with Crippen molar-refractivity contribution >= 4 is 11.9 Å². The summed E-state index contributed by atoms with van der Waals surface area (Å²) in [6, 6.07) is 3.59. The molecule has 1 aromatic rings. The average Bonchev–Trinajstić information content (AvgIpc) is 2.34. The SMILES string of the molecule is CCCCOOc1c(C(=O)[O-])cccc1C(=O)[O-]. The van der Waals surface area contributed by atoms with Gasteiger partial charge in [-0.25, -0.2) is 0 Å². The number of carboxylic acids is 2. The summed E-state index contributed by atoms with van der Waals surface area (Å²) in [7, 11) is 0. The van der Waals surface area contributed by atoms with E-state index >= 15 is 0 Å². The molecule has 0 amide bonds. The second kappa shape index (κ2) is 6.61. The number of hydrogen-bond donors (Lipinski definition) is 0. The lowest BCUT2D eigenvalue weighted by Gasteiger charge is -2.15. The Morgan fingerprint density at radius 2 is 1.72 bits per heavy atom. The van der Waals surface area contributed by atoms with Gasteiger partial charge in [-0.15, -0.1) is 0 Å². The van der Waals surface area contributed by atoms with Gasteiger partial charge in [0, 0.05) is 11.1 Å². The molecule has 98 valence electrons. The normalized spacial score (nSPS) is 10.1. The molecule has 6 heteroatoms. The van der Waals surface area contributed by atoms with Crippen molar-refractivity contribution in [3.8, 4) is 5.75 Å². The van der Waals surface area contributed by atoms with Crippen molar-refractivity contribution in [3.05, 3.63) is 29.3 Å². The largest absolute Gasteiger partial charge is 0.545 e. The fourth-order valence-electron chi connectivity index (χ4n) is 1.25. The predicted octanol–water partition coefficient (Wildman–Crippen LogP) is -0.476. The van der Waals surface area contributed by atoms with Crippen LogP contribution in [0.25, 0.3) is 0 Å². The number of para-hydroxylation sites is 1. The third kappa shape index (κ3) is 3.46. The minimum Gasteiger partial charge on any atom is -0.545 e. The number of rotatable bonds is 7. The van der Waals surface area contributed by atoms with Crippen LogP contribution in [0.4, 0.5) is 0 Å². The Labute approximate surface area is 104 Å². The van der Waals surface area contributed by atoms with Gasteiger partial charge in [0.25, 0.3) is 0 Å². The van der Waals surface area contributed by atoms with E-state index in [1.165, 1.54) is 18.2 Å². The number of unbranched alkanes of at least 4 members (excludes halogenated alkanes) is 1. The second-order valence-electron chi connectivity index (χ2n) is 3.52. The fourth-order valence-corrected chi connectivity index (χ4v) is 1.25. The first-order chi connectivity index (χ1) is 8.57. The van der Waals surface area contributed by atoms with Crippen LogP contribution in [0.1, 0.15) is 40.5 Å². The second-order valence-corrected chi connectivity index (χ2v) is 3.52. The number of hydrogen-bond acceptors (Lipinski definition) is 6. The molecule has 0 radical (unpaired) electrons. The third-order valence-electron chi connectivity index (χ3n) is 2.18. The Bertz CT molecular complexity index is 408. The van der Waals surface area contributed by atoms with Crippen molar-refractivity contribution in [2.75, 3.05) is 6.61 Å². The van der Waals surface area contributed by atoms with Gasteiger partial charge in [0.2, 0.25) is 0 Å². The van der Waals surface area contributed by atoms with E-state index in [-0.39, 0.29) is 6.61 Å². The van der Waals surface area contributed by atoms with Crippen molar-refractivity contribution in [2.24, 2.45) is 0 Å². The summed E-state index contributed by atoms with van der Waals surface area (Å²) in [6.45, 7) is 2.16. The topological polar surface area (TPSA) is 98.7 Å². The third-order valence-corrected chi connectivity index (χ3v) is 2.18. The van der Waals surface area contributed by atoms with E-state index < -0.39 is 28.8 Å². The Hall–Kier alpha value is -2.08. The molecule has 0 aliphatic rings. The van der Waals surface area contributed by atoms with E-state index in [0.717, 1.165) is 6.42 Å². The molecule has 0 bridgehead atoms. The van der Waals surface area contributed by atoms with E-state index in [0.29, 0.717) is 6.42 Å². The molecule has 18 heavy (non-hydrogen) atoms. The van der Waals surface area contributed by atoms with Crippen molar-refractivity contribution in [3.63, 3.8) is 0 Å². The maximum atomic E-state index is 10.8. The highest BCUT2D eigenvalue weighted by Crippen LogP contribution is 2.23. The smallest absolute Gasteiger partial charge is 0.183 e. The zero-order chi connectivity index (χ0) is 13.5. The molecule has 0 saturated heterocycles. The molecule has 0 saturated carbocycles. The van der Waals surface area contributed by atoms with Crippen molar-refractivity contribution in [2.45, 2.75) is 19.8 Å². The fraction of sp³-hybridized carbons (Fsp3) is 0.333. The Balaban J connectivity index is 2.96. The van der Waals surface area contributed by atoms with Gasteiger partial charge in [0.05, 0.1) is 18.5 Å². The van der Waals surface area contributed by atoms with Gasteiger partial charge in [0.1, 0.15) is 0 Å². The van der Waals surface area contributed by atoms with Crippen LogP contribution in [0.3, 0.4) is 0 Å². The number of aromatic carboxylic acids is 2. The Morgan fingerprint density at radius 1 is 1.17 bits per heavy atom. The van der Waals surface area contributed by atoms with Gasteiger partial charge in [0.15, 0.2) is 5.75 Å². The first-order valence-corrected chi connectivity index (χ1v) is 5.43. The standard InChI is InChI=1S/C12H14O6/c1-2-3-7-17-18-10-8(11(13)14)5-4-6-9(10)12(15)16/h4-6H,2-3,7H2,1H3,(H,13,14)(H,15,16)/p-2. The zero-order valence-corrected chi connectivity index (χ0v) is 9.80. The van der Waals surface area contributed by atoms with E-state index in [4.69, 9.17) is 9.78 Å². The molecule has 0 unspecified atom stereocenters. The molecular weight excluding hydrogens is 240 g/mol. The summed E-state index contributed by atoms with van der Waals surface area (Å²) in [4.78, 5) is 31.2. The van der Waals surface area contributed by atoms with Crippen LogP contribution in [-0.2, 0) is 4.89 Å². The summed E-state index contributed by atoms with van der Waals surface area (Å²) in [5.41, 5.74) is -0.790. The minimum absolute atomic E-state index is 0.227. The highest BCUT2D eigenvalue weighted by atomic mass is 17.2. The maximum Gasteiger partial charge on any atom is 0.183 e. The average molecular weight is 252 g/mol. The highest BCUT2D eigenvalue weighted by Gasteiger charge is 2.12. The lowest BCUT2D eigenvalue weighted by Crippen LogP contribution is -2.27. The molecule has 1 rings (SSSR count). The van der Waals surface area contributed by atoms with Crippen LogP contribution in [0.15, 0.2) is 18.2 Å². The number of carboxylic acid groups (broad SMARTS) is 2. The van der Waals surface area contributed by atoms with E-state index in [1.807, 2.05) is 6.92 Å². The van der Waals surface area contributed by atoms with Crippen LogP contribution in [-0.4, -0.2) is 18.5 Å². The summed E-state index contributed by atoms with van der Waals surface area (Å²) in [5, 5.41) is 21.7. The number of benzene rings is 1. The first-order valence-electron chi connectivity index (χ1n) is 5.43. The van der Waals surface area contributed by atoms with Gasteiger partial charge < -0.3 is 24.7 Å². The molecule has 0 spiro atoms. The van der Waals surface area contributed by atoms with E-state index in [2.05, 4.69) is 0 Å². The highest BCUT2D eigenvalue weighted by molar-refractivity contribution is 5.97. The monoisotopic (exact) mass is 252 g/mol. The van der Waals surface area contributed by atoms with Crippen molar-refractivity contribution in [1.29, 1.82) is 0 Å². The van der Waals surface area contributed by atoms with Crippen LogP contribution >= 0.6 is 0 Å². The van der Waals surface area contributed by atoms with Crippen molar-refractivity contribution in [1.82, 2.24) is 0 Å². The van der Waals surface area contributed by atoms with Gasteiger partial charge in [-0.05, 0) is 18.6 Å². The molecule has 0 aliphatic heterocycles. The lowest BCUT2D eigenvalue weighted by atomic mass is 10.1. The van der Waals surface area contributed by atoms with Gasteiger partial charge in [-0.1, -0.05) is 19.4 Å². The maximum absolute atomic E-state index is 10.8. The van der Waals surface area contributed by atoms with Crippen LogP contribution in [0.2, 0.25) is 0 Å². The molecule has 0 aliphatic carbocycles. The molecule has 0 N–H and O–H groups in total. The Kier molecular flexibility index (Phi) is 5.13. The molecule has 0 fully saturated rings. The van der Waals surface area contributed by atoms with Gasteiger partial charge in [-0.2, -0.15) is 4.89 Å². The molecule has 0 heterocycles. The van der Waals surface area contributed by atoms with Gasteiger partial charge in [-0.3, -0.25) is 0 Å². The van der Waals surface area contributed by atoms with Crippen molar-refractivity contribution < 1.29 is 29.6 Å². The summed E-state index contributed by atoms with van der Waals surface area (Å²) >= 11 is 0. The lowest BCUT2D eigenvalue weighted by molar-refractivity contribution is -0.257. The summed E-state index contributed by atoms with van der Waals surface area (Å²) < 4.78 is 0. The Morgan fingerprint density at radius 3 is 2.17 bits per heavy atom. The molecular formula is C12H12O6-2. The minimum atomic E-state index is -1.55. The van der Waals surface area contributed by atoms with E-state index in [9.17, 15) is 19.8 Å². The van der Waals surface area contributed by atoms with Crippen LogP contribution in [0, 0.1) is 0 Å². The van der Waals surface area contributed by atoms with Crippen LogP contribution in [0.5, 0.6) is 5.75 Å².